The smallest absolute Gasteiger partial charge is 0.357 e. The van der Waals surface area contributed by atoms with E-state index in [1.54, 1.807) is 0 Å². The molecule has 1 aromatic heterocycles. The minimum atomic E-state index is -1.03. The number of oxazole rings is 1. The van der Waals surface area contributed by atoms with Crippen LogP contribution in [0.15, 0.2) is 10.7 Å². The summed E-state index contributed by atoms with van der Waals surface area (Å²) in [5, 5.41) is 8.77. The molecule has 0 aromatic carbocycles. The van der Waals surface area contributed by atoms with Crippen molar-refractivity contribution < 1.29 is 14.3 Å². The van der Waals surface area contributed by atoms with E-state index in [-0.39, 0.29) is 5.69 Å². The highest BCUT2D eigenvalue weighted by molar-refractivity contribution is 5.84. The number of rotatable bonds is 4. The zero-order chi connectivity index (χ0) is 13.1. The third-order valence-corrected chi connectivity index (χ3v) is 3.61. The Kier molecular flexibility index (Phi) is 4.01. The summed E-state index contributed by atoms with van der Waals surface area (Å²) in [6, 6.07) is 0.603. The van der Waals surface area contributed by atoms with Gasteiger partial charge in [0.25, 0.3) is 0 Å². The lowest BCUT2D eigenvalue weighted by atomic mass is 9.93. The van der Waals surface area contributed by atoms with Gasteiger partial charge < -0.3 is 14.4 Å². The normalized spacial score (nSPS) is 18.4. The maximum Gasteiger partial charge on any atom is 0.357 e. The molecule has 2 heterocycles. The highest BCUT2D eigenvalue weighted by Crippen LogP contribution is 2.22. The SMILES string of the molecule is CC(C)N1CCC(Cc2nc(C(=O)O)co2)CC1. The lowest BCUT2D eigenvalue weighted by Crippen LogP contribution is -2.38. The maximum absolute atomic E-state index is 10.7. The molecule has 0 aliphatic carbocycles. The van der Waals surface area contributed by atoms with Crippen molar-refractivity contribution in [2.75, 3.05) is 13.1 Å². The summed E-state index contributed by atoms with van der Waals surface area (Å²) in [4.78, 5) is 17.1. The Bertz CT molecular complexity index is 406. The van der Waals surface area contributed by atoms with Crippen molar-refractivity contribution in [3.8, 4) is 0 Å². The molecule has 0 radical (unpaired) electrons. The van der Waals surface area contributed by atoms with Crippen LogP contribution in [0.4, 0.5) is 0 Å². The van der Waals surface area contributed by atoms with Crippen LogP contribution in [0.5, 0.6) is 0 Å². The van der Waals surface area contributed by atoms with E-state index < -0.39 is 5.97 Å². The zero-order valence-electron chi connectivity index (χ0n) is 10.9. The third-order valence-electron chi connectivity index (χ3n) is 3.61. The van der Waals surface area contributed by atoms with Gasteiger partial charge in [-0.25, -0.2) is 9.78 Å². The number of hydrogen-bond acceptors (Lipinski definition) is 4. The van der Waals surface area contributed by atoms with Gasteiger partial charge in [0.2, 0.25) is 0 Å². The Hall–Kier alpha value is -1.36. The molecule has 1 fully saturated rings. The molecule has 1 aliphatic heterocycles. The van der Waals surface area contributed by atoms with Crippen LogP contribution in [0.1, 0.15) is 43.1 Å². The lowest BCUT2D eigenvalue weighted by Gasteiger charge is -2.34. The monoisotopic (exact) mass is 252 g/mol. The molecule has 5 nitrogen and oxygen atoms in total. The molecule has 1 N–H and O–H groups in total. The number of carboxylic acids is 1. The second-order valence-electron chi connectivity index (χ2n) is 5.21. The summed E-state index contributed by atoms with van der Waals surface area (Å²) < 4.78 is 5.20. The molecule has 0 amide bonds. The summed E-state index contributed by atoms with van der Waals surface area (Å²) in [6.07, 6.45) is 4.23. The van der Waals surface area contributed by atoms with Crippen molar-refractivity contribution in [3.05, 3.63) is 17.8 Å². The van der Waals surface area contributed by atoms with Crippen LogP contribution < -0.4 is 0 Å². The fourth-order valence-corrected chi connectivity index (χ4v) is 2.42. The molecule has 5 heteroatoms. The van der Waals surface area contributed by atoms with Gasteiger partial charge in [-0.15, -0.1) is 0 Å². The maximum atomic E-state index is 10.7. The van der Waals surface area contributed by atoms with Gasteiger partial charge in [0.05, 0.1) is 0 Å². The van der Waals surface area contributed by atoms with Gasteiger partial charge in [0, 0.05) is 12.5 Å². The summed E-state index contributed by atoms with van der Waals surface area (Å²) in [5.74, 6) is 0.0790. The summed E-state index contributed by atoms with van der Waals surface area (Å²) in [7, 11) is 0. The van der Waals surface area contributed by atoms with E-state index >= 15 is 0 Å². The predicted molar refractivity (Wildman–Crippen MR) is 66.6 cm³/mol. The number of carbonyl (C=O) groups is 1. The first kappa shape index (κ1) is 13.1. The molecule has 2 rings (SSSR count). The topological polar surface area (TPSA) is 66.6 Å². The fraction of sp³-hybridized carbons (Fsp3) is 0.692. The Morgan fingerprint density at radius 2 is 2.22 bits per heavy atom. The molecule has 1 aromatic rings. The third kappa shape index (κ3) is 3.10. The minimum absolute atomic E-state index is 0.00427. The Balaban J connectivity index is 1.85. The zero-order valence-corrected chi connectivity index (χ0v) is 10.9. The largest absolute Gasteiger partial charge is 0.476 e. The first-order valence-corrected chi connectivity index (χ1v) is 6.48. The Labute approximate surface area is 107 Å². The number of likely N-dealkylation sites (tertiary alicyclic amines) is 1. The average Bonchev–Trinajstić information content (AvgIpc) is 2.78. The minimum Gasteiger partial charge on any atom is -0.476 e. The van der Waals surface area contributed by atoms with Gasteiger partial charge in [0.15, 0.2) is 11.6 Å². The molecular formula is C13H20N2O3. The number of nitrogens with zero attached hydrogens (tertiary/aromatic N) is 2. The van der Waals surface area contributed by atoms with Gasteiger partial charge in [-0.05, 0) is 45.7 Å². The quantitative estimate of drug-likeness (QED) is 0.888. The standard InChI is InChI=1S/C13H20N2O3/c1-9(2)15-5-3-10(4-6-15)7-12-14-11(8-18-12)13(16)17/h8-10H,3-7H2,1-2H3,(H,16,17). The molecule has 18 heavy (non-hydrogen) atoms. The summed E-state index contributed by atoms with van der Waals surface area (Å²) >= 11 is 0. The Morgan fingerprint density at radius 1 is 1.56 bits per heavy atom. The van der Waals surface area contributed by atoms with Gasteiger partial charge >= 0.3 is 5.97 Å². The number of hydrogen-bond donors (Lipinski definition) is 1. The van der Waals surface area contributed by atoms with E-state index in [9.17, 15) is 4.79 Å². The van der Waals surface area contributed by atoms with Gasteiger partial charge in [-0.3, -0.25) is 0 Å². The van der Waals surface area contributed by atoms with E-state index in [1.165, 1.54) is 6.26 Å². The van der Waals surface area contributed by atoms with Crippen molar-refractivity contribution in [1.82, 2.24) is 9.88 Å². The van der Waals surface area contributed by atoms with Crippen LogP contribution in [0.2, 0.25) is 0 Å². The second kappa shape index (κ2) is 5.52. The van der Waals surface area contributed by atoms with Crippen molar-refractivity contribution in [3.63, 3.8) is 0 Å². The van der Waals surface area contributed by atoms with Crippen molar-refractivity contribution in [1.29, 1.82) is 0 Å². The van der Waals surface area contributed by atoms with Crippen molar-refractivity contribution >= 4 is 5.97 Å². The van der Waals surface area contributed by atoms with Crippen LogP contribution >= 0.6 is 0 Å². The van der Waals surface area contributed by atoms with Crippen LogP contribution in [-0.4, -0.2) is 40.1 Å². The van der Waals surface area contributed by atoms with E-state index in [0.717, 1.165) is 32.4 Å². The molecule has 100 valence electrons. The van der Waals surface area contributed by atoms with Crippen molar-refractivity contribution in [2.45, 2.75) is 39.2 Å². The molecule has 0 atom stereocenters. The van der Waals surface area contributed by atoms with Crippen LogP contribution in [0.25, 0.3) is 0 Å². The van der Waals surface area contributed by atoms with E-state index in [2.05, 4.69) is 23.7 Å². The molecule has 1 saturated heterocycles. The van der Waals surface area contributed by atoms with E-state index in [4.69, 9.17) is 9.52 Å². The van der Waals surface area contributed by atoms with Crippen LogP contribution in [-0.2, 0) is 6.42 Å². The van der Waals surface area contributed by atoms with Gasteiger partial charge in [-0.2, -0.15) is 0 Å². The van der Waals surface area contributed by atoms with Gasteiger partial charge in [-0.1, -0.05) is 0 Å². The van der Waals surface area contributed by atoms with Crippen LogP contribution in [0.3, 0.4) is 0 Å². The van der Waals surface area contributed by atoms with E-state index in [0.29, 0.717) is 17.9 Å². The average molecular weight is 252 g/mol. The predicted octanol–water partition coefficient (Wildman–Crippen LogP) is 2.04. The molecular weight excluding hydrogens is 232 g/mol. The van der Waals surface area contributed by atoms with Crippen molar-refractivity contribution in [2.24, 2.45) is 5.92 Å². The number of carboxylic acid groups (broad SMARTS) is 1. The molecule has 0 unspecified atom stereocenters. The highest BCUT2D eigenvalue weighted by Gasteiger charge is 2.22. The van der Waals surface area contributed by atoms with Crippen LogP contribution in [0, 0.1) is 5.92 Å². The number of piperidine rings is 1. The molecule has 0 spiro atoms. The molecule has 1 aliphatic rings. The summed E-state index contributed by atoms with van der Waals surface area (Å²) in [6.45, 7) is 6.64. The second-order valence-corrected chi connectivity index (χ2v) is 5.21. The number of aromatic carboxylic acids is 1. The summed E-state index contributed by atoms with van der Waals surface area (Å²) in [5.41, 5.74) is 0.00427. The Morgan fingerprint density at radius 3 is 2.72 bits per heavy atom. The first-order valence-electron chi connectivity index (χ1n) is 6.48. The molecule has 0 bridgehead atoms. The lowest BCUT2D eigenvalue weighted by molar-refractivity contribution is 0.0690. The first-order chi connectivity index (χ1) is 8.56. The van der Waals surface area contributed by atoms with E-state index in [1.807, 2.05) is 0 Å². The van der Waals surface area contributed by atoms with Gasteiger partial charge in [0.1, 0.15) is 6.26 Å². The highest BCUT2D eigenvalue weighted by atomic mass is 16.4. The number of aromatic nitrogens is 1. The molecule has 0 saturated carbocycles. The fourth-order valence-electron chi connectivity index (χ4n) is 2.42.